The van der Waals surface area contributed by atoms with Crippen LogP contribution in [0.2, 0.25) is 0 Å². The summed E-state index contributed by atoms with van der Waals surface area (Å²) in [4.78, 5) is 20.1. The Morgan fingerprint density at radius 2 is 1.77 bits per heavy atom. The highest BCUT2D eigenvalue weighted by Gasteiger charge is 2.05. The lowest BCUT2D eigenvalue weighted by atomic mass is 10.1. The number of pyridine rings is 2. The average Bonchev–Trinajstić information content (AvgIpc) is 2.61. The van der Waals surface area contributed by atoms with Crippen molar-refractivity contribution < 1.29 is 4.79 Å². The minimum atomic E-state index is -0.170. The molecule has 2 heterocycles. The van der Waals surface area contributed by atoms with E-state index in [4.69, 9.17) is 0 Å². The predicted molar refractivity (Wildman–Crippen MR) is 85.1 cm³/mol. The largest absolute Gasteiger partial charge is 0.347 e. The van der Waals surface area contributed by atoms with Gasteiger partial charge in [-0.05, 0) is 34.9 Å². The van der Waals surface area contributed by atoms with Crippen LogP contribution in [0.3, 0.4) is 0 Å². The molecular weight excluding hydrogens is 274 g/mol. The van der Waals surface area contributed by atoms with Crippen molar-refractivity contribution in [1.82, 2.24) is 15.3 Å². The molecule has 22 heavy (non-hydrogen) atoms. The molecule has 0 saturated heterocycles. The van der Waals surface area contributed by atoms with Gasteiger partial charge in [0.1, 0.15) is 5.69 Å². The molecule has 1 amide bonds. The van der Waals surface area contributed by atoms with E-state index in [0.29, 0.717) is 12.2 Å². The minimum absolute atomic E-state index is 0.170. The topological polar surface area (TPSA) is 54.9 Å². The first-order valence-corrected chi connectivity index (χ1v) is 7.01. The lowest BCUT2D eigenvalue weighted by Crippen LogP contribution is -2.23. The van der Waals surface area contributed by atoms with Gasteiger partial charge in [0, 0.05) is 25.1 Å². The van der Waals surface area contributed by atoms with Crippen molar-refractivity contribution in [2.45, 2.75) is 6.54 Å². The molecular formula is C18H15N3O. The third-order valence-electron chi connectivity index (χ3n) is 3.30. The zero-order valence-corrected chi connectivity index (χ0v) is 11.9. The number of nitrogens with one attached hydrogen (secondary N) is 1. The van der Waals surface area contributed by atoms with Crippen LogP contribution in [0.25, 0.3) is 11.1 Å². The Morgan fingerprint density at radius 3 is 2.45 bits per heavy atom. The molecule has 0 aliphatic rings. The summed E-state index contributed by atoms with van der Waals surface area (Å²) in [5.41, 5.74) is 3.64. The minimum Gasteiger partial charge on any atom is -0.347 e. The Morgan fingerprint density at radius 1 is 0.909 bits per heavy atom. The van der Waals surface area contributed by atoms with E-state index >= 15 is 0 Å². The van der Waals surface area contributed by atoms with Gasteiger partial charge in [0.2, 0.25) is 0 Å². The van der Waals surface area contributed by atoms with Crippen molar-refractivity contribution in [3.63, 3.8) is 0 Å². The Bertz CT molecular complexity index is 740. The van der Waals surface area contributed by atoms with Crippen molar-refractivity contribution in [3.8, 4) is 11.1 Å². The molecule has 3 aromatic rings. The van der Waals surface area contributed by atoms with Crippen LogP contribution in [0.4, 0.5) is 0 Å². The number of aromatic nitrogens is 2. The van der Waals surface area contributed by atoms with Crippen molar-refractivity contribution in [2.75, 3.05) is 0 Å². The Kier molecular flexibility index (Phi) is 4.20. The molecule has 0 spiro atoms. The van der Waals surface area contributed by atoms with E-state index in [-0.39, 0.29) is 5.91 Å². The second-order valence-electron chi connectivity index (χ2n) is 4.84. The highest BCUT2D eigenvalue weighted by molar-refractivity contribution is 5.92. The van der Waals surface area contributed by atoms with Crippen LogP contribution < -0.4 is 5.32 Å². The molecule has 108 valence electrons. The third kappa shape index (κ3) is 3.35. The average molecular weight is 289 g/mol. The first-order valence-electron chi connectivity index (χ1n) is 7.01. The molecule has 4 nitrogen and oxygen atoms in total. The van der Waals surface area contributed by atoms with E-state index in [0.717, 1.165) is 16.7 Å². The molecule has 0 bridgehead atoms. The van der Waals surface area contributed by atoms with Crippen molar-refractivity contribution >= 4 is 5.91 Å². The maximum absolute atomic E-state index is 11.9. The second-order valence-corrected chi connectivity index (χ2v) is 4.84. The molecule has 4 heteroatoms. The van der Waals surface area contributed by atoms with Gasteiger partial charge in [-0.15, -0.1) is 0 Å². The fraction of sp³-hybridized carbons (Fsp3) is 0.0556. The molecule has 0 atom stereocenters. The predicted octanol–water partition coefficient (Wildman–Crippen LogP) is 3.07. The van der Waals surface area contributed by atoms with Crippen LogP contribution in [-0.2, 0) is 6.54 Å². The first-order chi connectivity index (χ1) is 10.8. The number of nitrogens with zero attached hydrogens (tertiary/aromatic N) is 2. The SMILES string of the molecule is O=C(NCc1ccc(-c2cccnc2)cc1)c1ccccn1. The molecule has 3 rings (SSSR count). The molecule has 1 aromatic carbocycles. The summed E-state index contributed by atoms with van der Waals surface area (Å²) < 4.78 is 0. The summed E-state index contributed by atoms with van der Waals surface area (Å²) in [7, 11) is 0. The van der Waals surface area contributed by atoms with Gasteiger partial charge in [-0.3, -0.25) is 14.8 Å². The number of hydrogen-bond acceptors (Lipinski definition) is 3. The van der Waals surface area contributed by atoms with Crippen LogP contribution in [0, 0.1) is 0 Å². The molecule has 1 N–H and O–H groups in total. The Hall–Kier alpha value is -3.01. The summed E-state index contributed by atoms with van der Waals surface area (Å²) in [6, 6.07) is 17.3. The van der Waals surface area contributed by atoms with E-state index in [1.807, 2.05) is 42.6 Å². The normalized spacial score (nSPS) is 10.2. The van der Waals surface area contributed by atoms with Crippen LogP contribution >= 0.6 is 0 Å². The highest BCUT2D eigenvalue weighted by Crippen LogP contribution is 2.18. The molecule has 0 radical (unpaired) electrons. The van der Waals surface area contributed by atoms with Gasteiger partial charge in [-0.25, -0.2) is 0 Å². The van der Waals surface area contributed by atoms with Gasteiger partial charge < -0.3 is 5.32 Å². The fourth-order valence-electron chi connectivity index (χ4n) is 2.12. The van der Waals surface area contributed by atoms with E-state index < -0.39 is 0 Å². The van der Waals surface area contributed by atoms with Crippen molar-refractivity contribution in [2.24, 2.45) is 0 Å². The summed E-state index contributed by atoms with van der Waals surface area (Å²) in [5, 5.41) is 2.86. The van der Waals surface area contributed by atoms with E-state index in [2.05, 4.69) is 15.3 Å². The quantitative estimate of drug-likeness (QED) is 0.803. The zero-order chi connectivity index (χ0) is 15.2. The molecule has 2 aromatic heterocycles. The van der Waals surface area contributed by atoms with Crippen LogP contribution in [0.5, 0.6) is 0 Å². The fourth-order valence-corrected chi connectivity index (χ4v) is 2.12. The van der Waals surface area contributed by atoms with Gasteiger partial charge in [-0.2, -0.15) is 0 Å². The van der Waals surface area contributed by atoms with E-state index in [1.54, 1.807) is 30.6 Å². The van der Waals surface area contributed by atoms with Gasteiger partial charge in [-0.1, -0.05) is 36.4 Å². The van der Waals surface area contributed by atoms with E-state index in [1.165, 1.54) is 0 Å². The number of rotatable bonds is 4. The maximum Gasteiger partial charge on any atom is 0.270 e. The van der Waals surface area contributed by atoms with Gasteiger partial charge >= 0.3 is 0 Å². The third-order valence-corrected chi connectivity index (χ3v) is 3.30. The summed E-state index contributed by atoms with van der Waals surface area (Å²) in [6.45, 7) is 0.475. The van der Waals surface area contributed by atoms with Crippen LogP contribution in [0.1, 0.15) is 16.1 Å². The van der Waals surface area contributed by atoms with E-state index in [9.17, 15) is 4.79 Å². The zero-order valence-electron chi connectivity index (χ0n) is 11.9. The summed E-state index contributed by atoms with van der Waals surface area (Å²) in [6.07, 6.45) is 5.19. The van der Waals surface area contributed by atoms with Gasteiger partial charge in [0.05, 0.1) is 0 Å². The molecule has 0 aliphatic carbocycles. The highest BCUT2D eigenvalue weighted by atomic mass is 16.1. The number of hydrogen-bond donors (Lipinski definition) is 1. The van der Waals surface area contributed by atoms with Crippen molar-refractivity contribution in [1.29, 1.82) is 0 Å². The van der Waals surface area contributed by atoms with Crippen LogP contribution in [-0.4, -0.2) is 15.9 Å². The molecule has 0 fully saturated rings. The second kappa shape index (κ2) is 6.63. The number of benzene rings is 1. The monoisotopic (exact) mass is 289 g/mol. The lowest BCUT2D eigenvalue weighted by Gasteiger charge is -2.06. The molecule has 0 aliphatic heterocycles. The lowest BCUT2D eigenvalue weighted by molar-refractivity contribution is 0.0946. The number of carbonyl (C=O) groups is 1. The first kappa shape index (κ1) is 13.9. The standard InChI is InChI=1S/C18H15N3O/c22-18(17-5-1-2-11-20-17)21-12-14-6-8-15(9-7-14)16-4-3-10-19-13-16/h1-11,13H,12H2,(H,21,22). The van der Waals surface area contributed by atoms with Crippen LogP contribution in [0.15, 0.2) is 73.2 Å². The summed E-state index contributed by atoms with van der Waals surface area (Å²) in [5.74, 6) is -0.170. The number of carbonyl (C=O) groups excluding carboxylic acids is 1. The summed E-state index contributed by atoms with van der Waals surface area (Å²) >= 11 is 0. The van der Waals surface area contributed by atoms with Gasteiger partial charge in [0.15, 0.2) is 0 Å². The Labute approximate surface area is 128 Å². The number of amides is 1. The molecule has 0 unspecified atom stereocenters. The maximum atomic E-state index is 11.9. The smallest absolute Gasteiger partial charge is 0.270 e. The van der Waals surface area contributed by atoms with Crippen molar-refractivity contribution in [3.05, 3.63) is 84.4 Å². The van der Waals surface area contributed by atoms with Gasteiger partial charge in [0.25, 0.3) is 5.91 Å². The Balaban J connectivity index is 1.63. The molecule has 0 saturated carbocycles.